The van der Waals surface area contributed by atoms with Crippen LogP contribution in [0.1, 0.15) is 34.1 Å². The zero-order valence-corrected chi connectivity index (χ0v) is 10.4. The normalized spacial score (nSPS) is 15.6. The van der Waals surface area contributed by atoms with Gasteiger partial charge in [-0.1, -0.05) is 20.8 Å². The van der Waals surface area contributed by atoms with Gasteiger partial charge in [-0.25, -0.2) is 0 Å². The first kappa shape index (κ1) is 15.7. The number of hydrogen-bond acceptors (Lipinski definition) is 2. The lowest BCUT2D eigenvalue weighted by molar-refractivity contribution is -0.150. The minimum Gasteiger partial charge on any atom is -0.393 e. The molecular weight excluding hydrogens is 219 g/mol. The Morgan fingerprint density at radius 3 is 2.00 bits per heavy atom. The predicted octanol–water partition coefficient (Wildman–Crippen LogP) is 2.67. The van der Waals surface area contributed by atoms with E-state index in [1.54, 1.807) is 20.8 Å². The molecule has 0 aliphatic rings. The van der Waals surface area contributed by atoms with Gasteiger partial charge in [0.05, 0.1) is 12.6 Å². The van der Waals surface area contributed by atoms with E-state index in [4.69, 9.17) is 0 Å². The van der Waals surface area contributed by atoms with Crippen molar-refractivity contribution in [1.82, 2.24) is 4.90 Å². The van der Waals surface area contributed by atoms with E-state index in [0.29, 0.717) is 13.0 Å². The first-order chi connectivity index (χ1) is 7.08. The first-order valence-electron chi connectivity index (χ1n) is 5.55. The Bertz CT molecular complexity index is 202. The van der Waals surface area contributed by atoms with Crippen LogP contribution in [0.4, 0.5) is 13.2 Å². The molecule has 1 atom stereocenters. The number of nitrogens with zero attached hydrogens (tertiary/aromatic N) is 1. The van der Waals surface area contributed by atoms with Crippen LogP contribution in [0.2, 0.25) is 0 Å². The van der Waals surface area contributed by atoms with Gasteiger partial charge in [-0.15, -0.1) is 0 Å². The van der Waals surface area contributed by atoms with Crippen LogP contribution < -0.4 is 0 Å². The highest BCUT2D eigenvalue weighted by Gasteiger charge is 2.34. The Labute approximate surface area is 95.4 Å². The fourth-order valence-corrected chi connectivity index (χ4v) is 1.49. The zero-order chi connectivity index (χ0) is 13.0. The molecule has 0 saturated heterocycles. The lowest BCUT2D eigenvalue weighted by Gasteiger charge is -2.35. The molecule has 1 N–H and O–H groups in total. The van der Waals surface area contributed by atoms with Gasteiger partial charge in [-0.05, 0) is 19.9 Å². The fraction of sp³-hybridized carbons (Fsp3) is 1.00. The van der Waals surface area contributed by atoms with Crippen molar-refractivity contribution in [3.05, 3.63) is 0 Å². The summed E-state index contributed by atoms with van der Waals surface area (Å²) in [4.78, 5) is 1.35. The molecule has 98 valence electrons. The standard InChI is InChI=1S/C11H22F3NO/c1-5-6-15(8-11(12,13)14)7-10(3,4)9(2)16/h9,16H,5-8H2,1-4H3. The van der Waals surface area contributed by atoms with Crippen LogP contribution in [0.3, 0.4) is 0 Å². The maximum absolute atomic E-state index is 12.3. The van der Waals surface area contributed by atoms with E-state index in [1.165, 1.54) is 4.90 Å². The summed E-state index contributed by atoms with van der Waals surface area (Å²) < 4.78 is 36.9. The van der Waals surface area contributed by atoms with E-state index < -0.39 is 24.2 Å². The molecule has 0 aliphatic heterocycles. The third kappa shape index (κ3) is 6.33. The monoisotopic (exact) mass is 241 g/mol. The number of hydrogen-bond donors (Lipinski definition) is 1. The molecule has 0 aromatic rings. The summed E-state index contributed by atoms with van der Waals surface area (Å²) in [6.45, 7) is 6.74. The average Bonchev–Trinajstić information content (AvgIpc) is 1.99. The van der Waals surface area contributed by atoms with Gasteiger partial charge in [-0.2, -0.15) is 13.2 Å². The lowest BCUT2D eigenvalue weighted by atomic mass is 9.87. The Hall–Kier alpha value is -0.290. The third-order valence-electron chi connectivity index (χ3n) is 2.70. The number of halogens is 3. The molecule has 0 saturated carbocycles. The largest absolute Gasteiger partial charge is 0.401 e. The molecule has 2 nitrogen and oxygen atoms in total. The second-order valence-electron chi connectivity index (χ2n) is 4.99. The molecule has 0 amide bonds. The van der Waals surface area contributed by atoms with Crippen molar-refractivity contribution < 1.29 is 18.3 Å². The first-order valence-corrected chi connectivity index (χ1v) is 5.55. The molecule has 0 aromatic heterocycles. The summed E-state index contributed by atoms with van der Waals surface area (Å²) in [5.74, 6) is 0. The van der Waals surface area contributed by atoms with Crippen LogP contribution in [-0.4, -0.2) is 41.9 Å². The summed E-state index contributed by atoms with van der Waals surface area (Å²) in [6.07, 6.45) is -4.13. The van der Waals surface area contributed by atoms with Crippen molar-refractivity contribution >= 4 is 0 Å². The van der Waals surface area contributed by atoms with Gasteiger partial charge in [0.1, 0.15) is 0 Å². The summed E-state index contributed by atoms with van der Waals surface area (Å²) in [5, 5.41) is 9.49. The molecule has 5 heteroatoms. The topological polar surface area (TPSA) is 23.5 Å². The van der Waals surface area contributed by atoms with Crippen LogP contribution in [0.25, 0.3) is 0 Å². The van der Waals surface area contributed by atoms with Crippen LogP contribution >= 0.6 is 0 Å². The molecule has 16 heavy (non-hydrogen) atoms. The Balaban J connectivity index is 4.44. The highest BCUT2D eigenvalue weighted by atomic mass is 19.4. The van der Waals surface area contributed by atoms with Crippen molar-refractivity contribution in [2.75, 3.05) is 19.6 Å². The molecule has 0 fully saturated rings. The quantitative estimate of drug-likeness (QED) is 0.772. The van der Waals surface area contributed by atoms with Crippen molar-refractivity contribution in [3.8, 4) is 0 Å². The molecule has 0 radical (unpaired) electrons. The molecule has 0 aliphatic carbocycles. The van der Waals surface area contributed by atoms with Crippen LogP contribution in [-0.2, 0) is 0 Å². The molecule has 0 aromatic carbocycles. The Morgan fingerprint density at radius 2 is 1.69 bits per heavy atom. The number of alkyl halides is 3. The number of aliphatic hydroxyl groups excluding tert-OH is 1. The maximum atomic E-state index is 12.3. The number of rotatable bonds is 6. The number of aliphatic hydroxyl groups is 1. The summed E-state index contributed by atoms with van der Waals surface area (Å²) in [6, 6.07) is 0. The van der Waals surface area contributed by atoms with Crippen LogP contribution in [0, 0.1) is 5.41 Å². The van der Waals surface area contributed by atoms with E-state index >= 15 is 0 Å². The third-order valence-corrected chi connectivity index (χ3v) is 2.70. The van der Waals surface area contributed by atoms with E-state index in [0.717, 1.165) is 0 Å². The van der Waals surface area contributed by atoms with Crippen molar-refractivity contribution in [2.24, 2.45) is 5.41 Å². The van der Waals surface area contributed by atoms with Gasteiger partial charge in [0.25, 0.3) is 0 Å². The molecule has 0 spiro atoms. The van der Waals surface area contributed by atoms with Gasteiger partial charge >= 0.3 is 6.18 Å². The van der Waals surface area contributed by atoms with Crippen molar-refractivity contribution in [2.45, 2.75) is 46.4 Å². The molecule has 0 rings (SSSR count). The Kier molecular flexibility index (Phi) is 5.76. The van der Waals surface area contributed by atoms with Gasteiger partial charge in [0.15, 0.2) is 0 Å². The van der Waals surface area contributed by atoms with E-state index in [1.807, 2.05) is 6.92 Å². The van der Waals surface area contributed by atoms with Crippen LogP contribution in [0.15, 0.2) is 0 Å². The fourth-order valence-electron chi connectivity index (χ4n) is 1.49. The highest BCUT2D eigenvalue weighted by molar-refractivity contribution is 4.79. The van der Waals surface area contributed by atoms with E-state index in [9.17, 15) is 18.3 Å². The summed E-state index contributed by atoms with van der Waals surface area (Å²) in [7, 11) is 0. The average molecular weight is 241 g/mol. The lowest BCUT2D eigenvalue weighted by Crippen LogP contribution is -2.44. The van der Waals surface area contributed by atoms with Gasteiger partial charge in [0, 0.05) is 12.0 Å². The van der Waals surface area contributed by atoms with E-state index in [-0.39, 0.29) is 6.54 Å². The summed E-state index contributed by atoms with van der Waals surface area (Å²) >= 11 is 0. The predicted molar refractivity (Wildman–Crippen MR) is 58.2 cm³/mol. The van der Waals surface area contributed by atoms with Crippen molar-refractivity contribution in [3.63, 3.8) is 0 Å². The molecular formula is C11H22F3NO. The molecule has 0 heterocycles. The smallest absolute Gasteiger partial charge is 0.393 e. The molecule has 1 unspecified atom stereocenters. The van der Waals surface area contributed by atoms with Gasteiger partial charge in [0.2, 0.25) is 0 Å². The summed E-state index contributed by atoms with van der Waals surface area (Å²) in [5.41, 5.74) is -0.527. The Morgan fingerprint density at radius 1 is 1.19 bits per heavy atom. The highest BCUT2D eigenvalue weighted by Crippen LogP contribution is 2.24. The van der Waals surface area contributed by atoms with Crippen LogP contribution in [0.5, 0.6) is 0 Å². The maximum Gasteiger partial charge on any atom is 0.401 e. The molecule has 0 bridgehead atoms. The van der Waals surface area contributed by atoms with Gasteiger partial charge < -0.3 is 5.11 Å². The zero-order valence-electron chi connectivity index (χ0n) is 10.4. The SMILES string of the molecule is CCCN(CC(F)(F)F)CC(C)(C)C(C)O. The minimum atomic E-state index is -4.18. The van der Waals surface area contributed by atoms with Crippen molar-refractivity contribution in [1.29, 1.82) is 0 Å². The minimum absolute atomic E-state index is 0.248. The van der Waals surface area contributed by atoms with E-state index in [2.05, 4.69) is 0 Å². The second-order valence-corrected chi connectivity index (χ2v) is 4.99. The second kappa shape index (κ2) is 5.87. The van der Waals surface area contributed by atoms with Gasteiger partial charge in [-0.3, -0.25) is 4.90 Å².